The van der Waals surface area contributed by atoms with Crippen LogP contribution in [0.15, 0.2) is 188 Å². The van der Waals surface area contributed by atoms with Crippen LogP contribution in [0.5, 0.6) is 11.5 Å². The van der Waals surface area contributed by atoms with Gasteiger partial charge in [0.1, 0.15) is 40.0 Å². The van der Waals surface area contributed by atoms with E-state index in [1.165, 1.54) is 20.8 Å². The zero-order chi connectivity index (χ0) is 33.2. The first-order chi connectivity index (χ1) is 24.1. The fourth-order valence-electron chi connectivity index (χ4n) is 6.69. The van der Waals surface area contributed by atoms with Gasteiger partial charge in [0, 0.05) is 6.07 Å². The number of fused-ring (bicyclic) bond motifs is 1. The summed E-state index contributed by atoms with van der Waals surface area (Å²) in [6, 6.07) is 62.6. The van der Waals surface area contributed by atoms with E-state index in [1.807, 2.05) is 78.9 Å². The Morgan fingerprint density at radius 3 is 1.43 bits per heavy atom. The Morgan fingerprint density at radius 2 is 0.857 bits per heavy atom. The first kappa shape index (κ1) is 30.3. The zero-order valence-electron chi connectivity index (χ0n) is 26.5. The van der Waals surface area contributed by atoms with Crippen molar-refractivity contribution < 1.29 is 14.3 Å². The summed E-state index contributed by atoms with van der Waals surface area (Å²) in [6.07, 6.45) is 0. The van der Waals surface area contributed by atoms with E-state index in [4.69, 9.17) is 4.74 Å². The number of hydrogen-bond acceptors (Lipinski definition) is 3. The second-order valence-electron chi connectivity index (χ2n) is 11.8. The van der Waals surface area contributed by atoms with E-state index in [1.54, 1.807) is 18.2 Å². The van der Waals surface area contributed by atoms with E-state index in [0.717, 1.165) is 16.4 Å². The van der Waals surface area contributed by atoms with Gasteiger partial charge >= 0.3 is 0 Å². The average molecular weight is 653 g/mol. The summed E-state index contributed by atoms with van der Waals surface area (Å²) < 4.78 is 6.15. The van der Waals surface area contributed by atoms with Gasteiger partial charge in [-0.15, -0.1) is 0 Å². The van der Waals surface area contributed by atoms with Gasteiger partial charge in [-0.25, -0.2) is 4.90 Å². The molecule has 1 aliphatic rings. The first-order valence-electron chi connectivity index (χ1n) is 16.2. The second-order valence-corrected chi connectivity index (χ2v) is 15.3. The van der Waals surface area contributed by atoms with Gasteiger partial charge in [0.2, 0.25) is 0 Å². The van der Waals surface area contributed by atoms with E-state index in [9.17, 15) is 9.59 Å². The van der Waals surface area contributed by atoms with Crippen molar-refractivity contribution in [1.82, 2.24) is 0 Å². The third kappa shape index (κ3) is 5.43. The Morgan fingerprint density at radius 1 is 0.388 bits per heavy atom. The maximum Gasteiger partial charge on any atom is 0.266 e. The van der Waals surface area contributed by atoms with Crippen molar-refractivity contribution in [3.8, 4) is 22.6 Å². The molecule has 0 N–H and O–H groups in total. The molecule has 1 heterocycles. The van der Waals surface area contributed by atoms with Crippen LogP contribution in [0, 0.1) is 0 Å². The van der Waals surface area contributed by atoms with Gasteiger partial charge in [-0.05, 0) is 90.0 Å². The van der Waals surface area contributed by atoms with Crippen molar-refractivity contribution in [2.45, 2.75) is 0 Å². The normalized spacial score (nSPS) is 12.5. The molecule has 234 valence electrons. The molecule has 7 aromatic carbocycles. The molecule has 0 aromatic heterocycles. The lowest BCUT2D eigenvalue weighted by molar-refractivity contribution is 0.0926. The Kier molecular flexibility index (Phi) is 7.93. The molecule has 1 aliphatic heterocycles. The van der Waals surface area contributed by atoms with Crippen LogP contribution in [0.3, 0.4) is 0 Å². The zero-order valence-corrected chi connectivity index (χ0v) is 27.4. The molecular weight excluding hydrogens is 621 g/mol. The minimum atomic E-state index is -2.43. The SMILES string of the molecule is O=C1c2ccc(Oc3ccc(-c4ccccc4)cc3)cc2C(=O)N1c1cccc([P+](c2ccccc2)(c2ccccc2)c2ccccc2)c1. The quantitative estimate of drug-likeness (QED) is 0.122. The van der Waals surface area contributed by atoms with Gasteiger partial charge in [0.25, 0.3) is 11.8 Å². The number of amides is 2. The molecule has 2 amide bonds. The van der Waals surface area contributed by atoms with Gasteiger partial charge in [0.15, 0.2) is 0 Å². The fourth-order valence-corrected chi connectivity index (χ4v) is 11.0. The van der Waals surface area contributed by atoms with Crippen LogP contribution >= 0.6 is 7.26 Å². The van der Waals surface area contributed by atoms with Crippen LogP contribution in [0.1, 0.15) is 20.7 Å². The van der Waals surface area contributed by atoms with Crippen LogP contribution in [-0.4, -0.2) is 11.8 Å². The summed E-state index contributed by atoms with van der Waals surface area (Å²) in [5.41, 5.74) is 3.42. The number of nitrogens with zero attached hydrogens (tertiary/aromatic N) is 1. The number of hydrogen-bond donors (Lipinski definition) is 0. The molecule has 4 nitrogen and oxygen atoms in total. The van der Waals surface area contributed by atoms with E-state index >= 15 is 0 Å². The predicted molar refractivity (Wildman–Crippen MR) is 201 cm³/mol. The van der Waals surface area contributed by atoms with Crippen LogP contribution < -0.4 is 30.9 Å². The third-order valence-corrected chi connectivity index (χ3v) is 13.2. The highest BCUT2D eigenvalue weighted by atomic mass is 31.2. The van der Waals surface area contributed by atoms with E-state index < -0.39 is 7.26 Å². The average Bonchev–Trinajstić information content (AvgIpc) is 3.42. The van der Waals surface area contributed by atoms with Crippen LogP contribution in [-0.2, 0) is 0 Å². The van der Waals surface area contributed by atoms with Crippen molar-refractivity contribution >= 4 is 46.0 Å². The van der Waals surface area contributed by atoms with Gasteiger partial charge in [-0.1, -0.05) is 103 Å². The summed E-state index contributed by atoms with van der Waals surface area (Å²) in [7, 11) is -2.43. The van der Waals surface area contributed by atoms with Crippen molar-refractivity contribution in [2.24, 2.45) is 0 Å². The molecule has 0 saturated heterocycles. The molecule has 0 atom stereocenters. The molecule has 8 rings (SSSR count). The minimum absolute atomic E-state index is 0.323. The summed E-state index contributed by atoms with van der Waals surface area (Å²) in [5, 5.41) is 4.61. The van der Waals surface area contributed by atoms with Gasteiger partial charge in [0.05, 0.1) is 16.8 Å². The van der Waals surface area contributed by atoms with Gasteiger partial charge in [-0.3, -0.25) is 9.59 Å². The molecule has 0 spiro atoms. The van der Waals surface area contributed by atoms with Crippen LogP contribution in [0.25, 0.3) is 11.1 Å². The number of benzene rings is 7. The molecule has 7 aromatic rings. The third-order valence-electron chi connectivity index (χ3n) is 8.96. The molecular formula is C44H31NO3P+. The Hall–Kier alpha value is -6.09. The lowest BCUT2D eigenvalue weighted by Crippen LogP contribution is -2.39. The highest BCUT2D eigenvalue weighted by Gasteiger charge is 2.48. The van der Waals surface area contributed by atoms with Crippen LogP contribution in [0.2, 0.25) is 0 Å². The Labute approximate surface area is 286 Å². The number of anilines is 1. The molecule has 0 radical (unpaired) electrons. The number of carbonyl (C=O) groups excluding carboxylic acids is 2. The van der Waals surface area contributed by atoms with Crippen molar-refractivity contribution in [2.75, 3.05) is 4.90 Å². The standard InChI is InChI=1S/C44H31NO3P/c46-43-41-29-28-36(48-35-26-24-33(25-27-35)32-14-5-1-6-15-32)31-42(41)44(47)45(43)34-16-13-23-40(30-34)49(37-17-7-2-8-18-37,38-19-9-3-10-20-38)39-21-11-4-12-22-39/h1-31H/q+1. The smallest absolute Gasteiger partial charge is 0.266 e. The fraction of sp³-hybridized carbons (Fsp3) is 0. The van der Waals surface area contributed by atoms with E-state index in [0.29, 0.717) is 28.3 Å². The molecule has 49 heavy (non-hydrogen) atoms. The Balaban J connectivity index is 1.16. The first-order valence-corrected chi connectivity index (χ1v) is 17.9. The summed E-state index contributed by atoms with van der Waals surface area (Å²) >= 11 is 0. The molecule has 0 saturated carbocycles. The van der Waals surface area contributed by atoms with Crippen molar-refractivity contribution in [1.29, 1.82) is 0 Å². The van der Waals surface area contributed by atoms with E-state index in [-0.39, 0.29) is 11.8 Å². The van der Waals surface area contributed by atoms with Crippen molar-refractivity contribution in [3.05, 3.63) is 199 Å². The largest absolute Gasteiger partial charge is 0.457 e. The lowest BCUT2D eigenvalue weighted by Gasteiger charge is -2.28. The van der Waals surface area contributed by atoms with Gasteiger partial charge < -0.3 is 4.74 Å². The highest BCUT2D eigenvalue weighted by molar-refractivity contribution is 8.01. The molecule has 0 unspecified atom stereocenters. The number of rotatable bonds is 8. The predicted octanol–water partition coefficient (Wildman–Crippen LogP) is 8.57. The molecule has 5 heteroatoms. The highest BCUT2D eigenvalue weighted by Crippen LogP contribution is 2.54. The van der Waals surface area contributed by atoms with Crippen molar-refractivity contribution in [3.63, 3.8) is 0 Å². The maximum absolute atomic E-state index is 14.0. The summed E-state index contributed by atoms with van der Waals surface area (Å²) in [4.78, 5) is 29.2. The Bertz CT molecular complexity index is 2180. The monoisotopic (exact) mass is 652 g/mol. The lowest BCUT2D eigenvalue weighted by atomic mass is 10.1. The number of ether oxygens (including phenoxy) is 1. The van der Waals surface area contributed by atoms with E-state index in [2.05, 4.69) is 91.0 Å². The summed E-state index contributed by atoms with van der Waals surface area (Å²) in [6.45, 7) is 0. The minimum Gasteiger partial charge on any atom is -0.457 e. The molecule has 0 aliphatic carbocycles. The summed E-state index contributed by atoms with van der Waals surface area (Å²) in [5.74, 6) is 0.415. The molecule has 0 bridgehead atoms. The van der Waals surface area contributed by atoms with Crippen LogP contribution in [0.4, 0.5) is 5.69 Å². The number of imide groups is 1. The number of carbonyl (C=O) groups is 2. The molecule has 0 fully saturated rings. The van der Waals surface area contributed by atoms with Gasteiger partial charge in [-0.2, -0.15) is 0 Å². The maximum atomic E-state index is 14.0. The topological polar surface area (TPSA) is 46.6 Å². The second kappa shape index (κ2) is 12.8.